The fourth-order valence-corrected chi connectivity index (χ4v) is 1.82. The Balaban J connectivity index is 2.60. The first kappa shape index (κ1) is 14.7. The van der Waals surface area contributed by atoms with Gasteiger partial charge in [-0.15, -0.1) is 0 Å². The lowest BCUT2D eigenvalue weighted by atomic mass is 9.99. The van der Waals surface area contributed by atoms with Crippen molar-refractivity contribution >= 4 is 5.91 Å². The van der Waals surface area contributed by atoms with Gasteiger partial charge in [-0.05, 0) is 63.3 Å². The summed E-state index contributed by atoms with van der Waals surface area (Å²) in [5.74, 6) is -0.330. The van der Waals surface area contributed by atoms with E-state index < -0.39 is 5.60 Å². The molecule has 0 unspecified atom stereocenters. The minimum absolute atomic E-state index is 0.330. The molecule has 0 aromatic heterocycles. The maximum atomic E-state index is 11.5. The first-order chi connectivity index (χ1) is 8.21. The molecular formula is C15H23NO2. The number of aliphatic hydroxyl groups is 1. The maximum Gasteiger partial charge on any atom is 0.251 e. The molecule has 0 aliphatic heterocycles. The highest BCUT2D eigenvalue weighted by Gasteiger charge is 2.22. The van der Waals surface area contributed by atoms with E-state index in [9.17, 15) is 9.90 Å². The molecule has 0 heterocycles. The van der Waals surface area contributed by atoms with Crippen molar-refractivity contribution in [2.24, 2.45) is 0 Å². The van der Waals surface area contributed by atoms with E-state index in [0.29, 0.717) is 6.54 Å². The average Bonchev–Trinajstić information content (AvgIpc) is 2.23. The van der Waals surface area contributed by atoms with Crippen LogP contribution in [0.1, 0.15) is 36.1 Å². The lowest BCUT2D eigenvalue weighted by molar-refractivity contribution is -0.136. The van der Waals surface area contributed by atoms with Crippen LogP contribution in [-0.2, 0) is 11.2 Å². The van der Waals surface area contributed by atoms with Gasteiger partial charge < -0.3 is 10.4 Å². The molecule has 0 saturated heterocycles. The fraction of sp³-hybridized carbons (Fsp3) is 0.533. The molecule has 1 aromatic carbocycles. The number of amides is 1. The van der Waals surface area contributed by atoms with Gasteiger partial charge in [0.05, 0.1) is 0 Å². The van der Waals surface area contributed by atoms with Crippen LogP contribution in [0.25, 0.3) is 0 Å². The molecule has 3 heteroatoms. The predicted octanol–water partition coefficient (Wildman–Crippen LogP) is 2.04. The molecule has 0 atom stereocenters. The van der Waals surface area contributed by atoms with Crippen LogP contribution in [0.2, 0.25) is 0 Å². The molecule has 2 N–H and O–H groups in total. The molecule has 1 amide bonds. The largest absolute Gasteiger partial charge is 0.381 e. The third kappa shape index (κ3) is 3.84. The zero-order chi connectivity index (χ0) is 13.9. The second-order valence-corrected chi connectivity index (χ2v) is 5.43. The van der Waals surface area contributed by atoms with E-state index in [0.717, 1.165) is 6.42 Å². The van der Waals surface area contributed by atoms with Crippen molar-refractivity contribution in [1.29, 1.82) is 0 Å². The van der Waals surface area contributed by atoms with Crippen LogP contribution in [0.3, 0.4) is 0 Å². The number of nitrogens with one attached hydrogen (secondary N) is 1. The SMILES string of the molecule is Cc1cc(C)c(CCNC(=O)C(C)(C)O)cc1C. The number of rotatable bonds is 4. The molecule has 0 aliphatic carbocycles. The molecule has 0 radical (unpaired) electrons. The van der Waals surface area contributed by atoms with Crippen LogP contribution in [-0.4, -0.2) is 23.2 Å². The Morgan fingerprint density at radius 1 is 1.17 bits per heavy atom. The third-order valence-corrected chi connectivity index (χ3v) is 3.19. The van der Waals surface area contributed by atoms with Gasteiger partial charge in [0.25, 0.3) is 5.91 Å². The number of aryl methyl sites for hydroxylation is 3. The molecule has 0 spiro atoms. The van der Waals surface area contributed by atoms with Crippen LogP contribution in [0.5, 0.6) is 0 Å². The lowest BCUT2D eigenvalue weighted by Crippen LogP contribution is -2.42. The smallest absolute Gasteiger partial charge is 0.251 e. The van der Waals surface area contributed by atoms with Crippen molar-refractivity contribution in [3.8, 4) is 0 Å². The number of hydrogen-bond acceptors (Lipinski definition) is 2. The average molecular weight is 249 g/mol. The van der Waals surface area contributed by atoms with Crippen LogP contribution in [0.4, 0.5) is 0 Å². The second-order valence-electron chi connectivity index (χ2n) is 5.43. The Morgan fingerprint density at radius 3 is 2.28 bits per heavy atom. The van der Waals surface area contributed by atoms with Crippen LogP contribution >= 0.6 is 0 Å². The zero-order valence-electron chi connectivity index (χ0n) is 11.9. The van der Waals surface area contributed by atoms with Gasteiger partial charge in [-0.25, -0.2) is 0 Å². The van der Waals surface area contributed by atoms with Gasteiger partial charge in [0.2, 0.25) is 0 Å². The highest BCUT2D eigenvalue weighted by atomic mass is 16.3. The van der Waals surface area contributed by atoms with E-state index in [1.54, 1.807) is 0 Å². The molecule has 1 aromatic rings. The lowest BCUT2D eigenvalue weighted by Gasteiger charge is -2.17. The van der Waals surface area contributed by atoms with Crippen molar-refractivity contribution < 1.29 is 9.90 Å². The number of carbonyl (C=O) groups excluding carboxylic acids is 1. The summed E-state index contributed by atoms with van der Waals surface area (Å²) < 4.78 is 0. The Labute approximate surface area is 109 Å². The Kier molecular flexibility index (Phi) is 4.52. The van der Waals surface area contributed by atoms with E-state index in [-0.39, 0.29) is 5.91 Å². The second kappa shape index (κ2) is 5.53. The van der Waals surface area contributed by atoms with E-state index in [1.165, 1.54) is 36.1 Å². The summed E-state index contributed by atoms with van der Waals surface area (Å²) in [5, 5.41) is 12.2. The minimum atomic E-state index is -1.31. The molecular weight excluding hydrogens is 226 g/mol. The predicted molar refractivity (Wildman–Crippen MR) is 73.7 cm³/mol. The van der Waals surface area contributed by atoms with Crippen LogP contribution in [0, 0.1) is 20.8 Å². The van der Waals surface area contributed by atoms with Gasteiger partial charge in [0, 0.05) is 6.54 Å². The molecule has 0 aliphatic rings. The molecule has 0 saturated carbocycles. The summed E-state index contributed by atoms with van der Waals surface area (Å²) >= 11 is 0. The van der Waals surface area contributed by atoms with Crippen molar-refractivity contribution in [3.63, 3.8) is 0 Å². The highest BCUT2D eigenvalue weighted by Crippen LogP contribution is 2.15. The first-order valence-corrected chi connectivity index (χ1v) is 6.29. The molecule has 3 nitrogen and oxygen atoms in total. The van der Waals surface area contributed by atoms with Gasteiger partial charge >= 0.3 is 0 Å². The van der Waals surface area contributed by atoms with Gasteiger partial charge in [-0.1, -0.05) is 12.1 Å². The molecule has 0 fully saturated rings. The quantitative estimate of drug-likeness (QED) is 0.858. The van der Waals surface area contributed by atoms with E-state index >= 15 is 0 Å². The topological polar surface area (TPSA) is 49.3 Å². The van der Waals surface area contributed by atoms with Crippen molar-refractivity contribution in [2.75, 3.05) is 6.54 Å². The Morgan fingerprint density at radius 2 is 1.72 bits per heavy atom. The van der Waals surface area contributed by atoms with E-state index in [4.69, 9.17) is 0 Å². The summed E-state index contributed by atoms with van der Waals surface area (Å²) in [6.07, 6.45) is 0.786. The zero-order valence-corrected chi connectivity index (χ0v) is 11.9. The summed E-state index contributed by atoms with van der Waals surface area (Å²) in [4.78, 5) is 11.5. The van der Waals surface area contributed by atoms with E-state index in [2.05, 4.69) is 38.2 Å². The number of hydrogen-bond donors (Lipinski definition) is 2. The Hall–Kier alpha value is -1.35. The maximum absolute atomic E-state index is 11.5. The van der Waals surface area contributed by atoms with E-state index in [1.807, 2.05) is 0 Å². The minimum Gasteiger partial charge on any atom is -0.381 e. The third-order valence-electron chi connectivity index (χ3n) is 3.19. The fourth-order valence-electron chi connectivity index (χ4n) is 1.82. The summed E-state index contributed by atoms with van der Waals surface area (Å²) in [5.41, 5.74) is 3.74. The molecule has 0 bridgehead atoms. The summed E-state index contributed by atoms with van der Waals surface area (Å²) in [6, 6.07) is 4.34. The molecule has 18 heavy (non-hydrogen) atoms. The highest BCUT2D eigenvalue weighted by molar-refractivity contribution is 5.83. The van der Waals surface area contributed by atoms with Crippen LogP contribution in [0.15, 0.2) is 12.1 Å². The first-order valence-electron chi connectivity index (χ1n) is 6.29. The van der Waals surface area contributed by atoms with Crippen molar-refractivity contribution in [2.45, 2.75) is 46.6 Å². The standard InChI is InChI=1S/C15H23NO2/c1-10-8-12(3)13(9-11(10)2)6-7-16-14(17)15(4,5)18/h8-9,18H,6-7H2,1-5H3,(H,16,17). The summed E-state index contributed by atoms with van der Waals surface area (Å²) in [7, 11) is 0. The molecule has 100 valence electrons. The summed E-state index contributed by atoms with van der Waals surface area (Å²) in [6.45, 7) is 9.80. The van der Waals surface area contributed by atoms with Gasteiger partial charge in [-0.3, -0.25) is 4.79 Å². The van der Waals surface area contributed by atoms with Crippen molar-refractivity contribution in [3.05, 3.63) is 34.4 Å². The van der Waals surface area contributed by atoms with Crippen LogP contribution < -0.4 is 5.32 Å². The Bertz CT molecular complexity index is 445. The number of benzene rings is 1. The van der Waals surface area contributed by atoms with Gasteiger partial charge in [-0.2, -0.15) is 0 Å². The van der Waals surface area contributed by atoms with Gasteiger partial charge in [0.15, 0.2) is 0 Å². The monoisotopic (exact) mass is 249 g/mol. The van der Waals surface area contributed by atoms with Gasteiger partial charge in [0.1, 0.15) is 5.60 Å². The molecule has 1 rings (SSSR count). The normalized spacial score (nSPS) is 11.4. The van der Waals surface area contributed by atoms with Crippen molar-refractivity contribution in [1.82, 2.24) is 5.32 Å². The number of carbonyl (C=O) groups is 1.